The van der Waals surface area contributed by atoms with Gasteiger partial charge in [0.1, 0.15) is 10.8 Å². The summed E-state index contributed by atoms with van der Waals surface area (Å²) in [4.78, 5) is 14.0. The van der Waals surface area contributed by atoms with Gasteiger partial charge in [-0.1, -0.05) is 53.8 Å². The van der Waals surface area contributed by atoms with Crippen molar-refractivity contribution in [2.75, 3.05) is 10.7 Å². The number of halogens is 1. The van der Waals surface area contributed by atoms with Crippen molar-refractivity contribution < 1.29 is 9.18 Å². The van der Waals surface area contributed by atoms with Crippen molar-refractivity contribution in [3.05, 3.63) is 59.9 Å². The number of nitrogens with zero attached hydrogens (tertiary/aromatic N) is 6. The summed E-state index contributed by atoms with van der Waals surface area (Å²) in [5.41, 5.74) is 2.79. The van der Waals surface area contributed by atoms with E-state index in [2.05, 4.69) is 26.4 Å². The van der Waals surface area contributed by atoms with Gasteiger partial charge in [-0.25, -0.2) is 9.29 Å². The zero-order valence-electron chi connectivity index (χ0n) is 17.9. The molecule has 166 valence electrons. The molecule has 0 aliphatic carbocycles. The Hall–Kier alpha value is -3.55. The van der Waals surface area contributed by atoms with Gasteiger partial charge < -0.3 is 4.57 Å². The molecule has 33 heavy (non-hydrogen) atoms. The van der Waals surface area contributed by atoms with Crippen LogP contribution >= 0.6 is 23.1 Å². The summed E-state index contributed by atoms with van der Waals surface area (Å²) in [5.74, 6) is 0.146. The van der Waals surface area contributed by atoms with E-state index in [0.717, 1.165) is 33.2 Å². The number of hydrogen-bond acceptors (Lipinski definition) is 7. The third kappa shape index (κ3) is 4.79. The zero-order valence-corrected chi connectivity index (χ0v) is 19.5. The normalized spacial score (nSPS) is 10.7. The molecule has 1 amide bonds. The second-order valence-electron chi connectivity index (χ2n) is 6.91. The highest BCUT2D eigenvalue weighted by atomic mass is 32.2. The molecule has 0 aliphatic heterocycles. The van der Waals surface area contributed by atoms with Gasteiger partial charge in [0, 0.05) is 23.7 Å². The van der Waals surface area contributed by atoms with Gasteiger partial charge in [-0.2, -0.15) is 0 Å². The van der Waals surface area contributed by atoms with Crippen molar-refractivity contribution in [3.8, 4) is 34.4 Å². The molecule has 0 atom stereocenters. The van der Waals surface area contributed by atoms with Crippen molar-refractivity contribution >= 4 is 34.1 Å². The van der Waals surface area contributed by atoms with Crippen LogP contribution in [0.5, 0.6) is 0 Å². The smallest absolute Gasteiger partial charge is 0.251 e. The van der Waals surface area contributed by atoms with E-state index in [4.69, 9.17) is 6.42 Å². The van der Waals surface area contributed by atoms with E-state index in [1.54, 1.807) is 12.1 Å². The standard InChI is InChI=1S/C23H19FN6OS2/c1-4-29(23-28-26-21(33-23)16-10-12-17(24)13-11-16)19(31)14-32-22-27-25-20(30(22)5-2)18-9-7-6-8-15(18)3/h1,6-13H,5,14H2,2-3H3. The SMILES string of the molecule is C#CN(C(=O)CSc1nnc(-c2ccccc2C)n1CC)c1nnc(-c2ccc(F)cc2)s1. The number of carbonyl (C=O) groups is 1. The fourth-order valence-electron chi connectivity index (χ4n) is 3.14. The Bertz CT molecular complexity index is 1330. The van der Waals surface area contributed by atoms with E-state index < -0.39 is 0 Å². The van der Waals surface area contributed by atoms with Crippen LogP contribution in [0.25, 0.3) is 22.0 Å². The predicted octanol–water partition coefficient (Wildman–Crippen LogP) is 4.65. The average molecular weight is 479 g/mol. The van der Waals surface area contributed by atoms with Gasteiger partial charge in [0.25, 0.3) is 5.91 Å². The van der Waals surface area contributed by atoms with Crippen molar-refractivity contribution in [1.29, 1.82) is 0 Å². The molecule has 7 nitrogen and oxygen atoms in total. The van der Waals surface area contributed by atoms with E-state index >= 15 is 0 Å². The first-order valence-corrected chi connectivity index (χ1v) is 11.8. The summed E-state index contributed by atoms with van der Waals surface area (Å²) in [5, 5.41) is 18.2. The molecule has 10 heteroatoms. The molecule has 0 radical (unpaired) electrons. The number of benzene rings is 2. The van der Waals surface area contributed by atoms with Crippen LogP contribution in [-0.2, 0) is 11.3 Å². The van der Waals surface area contributed by atoms with Crippen LogP contribution in [0.2, 0.25) is 0 Å². The van der Waals surface area contributed by atoms with Gasteiger partial charge in [-0.3, -0.25) is 4.79 Å². The highest BCUT2D eigenvalue weighted by Gasteiger charge is 2.21. The van der Waals surface area contributed by atoms with E-state index in [0.29, 0.717) is 22.3 Å². The fourth-order valence-corrected chi connectivity index (χ4v) is 4.83. The number of thioether (sulfide) groups is 1. The highest BCUT2D eigenvalue weighted by molar-refractivity contribution is 7.99. The number of aryl methyl sites for hydroxylation is 1. The lowest BCUT2D eigenvalue weighted by Gasteiger charge is -2.12. The number of amides is 1. The molecule has 2 heterocycles. The van der Waals surface area contributed by atoms with Crippen molar-refractivity contribution in [2.24, 2.45) is 0 Å². The summed E-state index contributed by atoms with van der Waals surface area (Å²) in [6.07, 6.45) is 5.60. The molecular weight excluding hydrogens is 459 g/mol. The van der Waals surface area contributed by atoms with Gasteiger partial charge in [0.05, 0.1) is 5.75 Å². The van der Waals surface area contributed by atoms with Gasteiger partial charge in [0.2, 0.25) is 5.13 Å². The maximum Gasteiger partial charge on any atom is 0.251 e. The van der Waals surface area contributed by atoms with Crippen LogP contribution in [0, 0.1) is 25.2 Å². The predicted molar refractivity (Wildman–Crippen MR) is 128 cm³/mol. The Kier molecular flexibility index (Phi) is 6.82. The minimum Gasteiger partial charge on any atom is -0.302 e. The summed E-state index contributed by atoms with van der Waals surface area (Å²) in [6.45, 7) is 4.68. The summed E-state index contributed by atoms with van der Waals surface area (Å²) >= 11 is 2.42. The first-order chi connectivity index (χ1) is 16.0. The van der Waals surface area contributed by atoms with Crippen molar-refractivity contribution in [3.63, 3.8) is 0 Å². The molecule has 4 rings (SSSR count). The van der Waals surface area contributed by atoms with E-state index in [9.17, 15) is 9.18 Å². The maximum atomic E-state index is 13.2. The van der Waals surface area contributed by atoms with Crippen LogP contribution in [-0.4, -0.2) is 36.6 Å². The number of hydrogen-bond donors (Lipinski definition) is 0. The Morgan fingerprint density at radius 2 is 1.91 bits per heavy atom. The Balaban J connectivity index is 1.49. The molecule has 4 aromatic rings. The zero-order chi connectivity index (χ0) is 23.4. The summed E-state index contributed by atoms with van der Waals surface area (Å²) in [7, 11) is 0. The number of carbonyl (C=O) groups excluding carboxylic acids is 1. The molecule has 0 aliphatic rings. The lowest BCUT2D eigenvalue weighted by Crippen LogP contribution is -2.27. The van der Waals surface area contributed by atoms with Gasteiger partial charge in [0.15, 0.2) is 11.0 Å². The molecule has 2 aromatic carbocycles. The third-order valence-electron chi connectivity index (χ3n) is 4.82. The molecule has 0 fully saturated rings. The average Bonchev–Trinajstić information content (AvgIpc) is 3.46. The maximum absolute atomic E-state index is 13.2. The van der Waals surface area contributed by atoms with Crippen LogP contribution in [0.15, 0.2) is 53.7 Å². The first-order valence-electron chi connectivity index (χ1n) is 10.0. The van der Waals surface area contributed by atoms with Crippen molar-refractivity contribution in [1.82, 2.24) is 25.0 Å². The Labute approximate surface area is 198 Å². The second-order valence-corrected chi connectivity index (χ2v) is 8.81. The minimum absolute atomic E-state index is 0.0571. The molecule has 2 aromatic heterocycles. The quantitative estimate of drug-likeness (QED) is 0.219. The molecule has 0 saturated carbocycles. The first kappa shape index (κ1) is 22.6. The molecular formula is C23H19FN6OS2. The summed E-state index contributed by atoms with van der Waals surface area (Å²) < 4.78 is 15.1. The topological polar surface area (TPSA) is 76.8 Å². The van der Waals surface area contributed by atoms with Gasteiger partial charge in [-0.05, 0) is 43.7 Å². The van der Waals surface area contributed by atoms with Gasteiger partial charge in [-0.15, -0.1) is 20.4 Å². The lowest BCUT2D eigenvalue weighted by atomic mass is 10.1. The third-order valence-corrected chi connectivity index (χ3v) is 6.73. The summed E-state index contributed by atoms with van der Waals surface area (Å²) in [6, 6.07) is 16.2. The monoisotopic (exact) mass is 478 g/mol. The number of aromatic nitrogens is 5. The second kappa shape index (κ2) is 9.94. The van der Waals surface area contributed by atoms with Crippen LogP contribution in [0.1, 0.15) is 12.5 Å². The minimum atomic E-state index is -0.341. The molecule has 0 bridgehead atoms. The van der Waals surface area contributed by atoms with Crippen LogP contribution in [0.3, 0.4) is 0 Å². The molecule has 0 unspecified atom stereocenters. The van der Waals surface area contributed by atoms with E-state index in [1.807, 2.05) is 42.7 Å². The Morgan fingerprint density at radius 3 is 2.61 bits per heavy atom. The highest BCUT2D eigenvalue weighted by Crippen LogP contribution is 2.30. The van der Waals surface area contributed by atoms with Crippen molar-refractivity contribution in [2.45, 2.75) is 25.5 Å². The van der Waals surface area contributed by atoms with E-state index in [1.165, 1.54) is 23.9 Å². The number of terminal acetylenes is 1. The number of rotatable bonds is 7. The molecule has 0 N–H and O–H groups in total. The van der Waals surface area contributed by atoms with Crippen LogP contribution < -0.4 is 4.90 Å². The molecule has 0 saturated heterocycles. The fraction of sp³-hybridized carbons (Fsp3) is 0.174. The van der Waals surface area contributed by atoms with Gasteiger partial charge >= 0.3 is 0 Å². The van der Waals surface area contributed by atoms with Crippen LogP contribution in [0.4, 0.5) is 9.52 Å². The van der Waals surface area contributed by atoms with E-state index in [-0.39, 0.29) is 22.6 Å². The number of anilines is 1. The Morgan fingerprint density at radius 1 is 1.15 bits per heavy atom. The molecule has 0 spiro atoms. The largest absolute Gasteiger partial charge is 0.302 e. The lowest BCUT2D eigenvalue weighted by molar-refractivity contribution is -0.115.